The number of fused-ring (bicyclic) bond motifs is 2. The van der Waals surface area contributed by atoms with Crippen molar-refractivity contribution in [3.8, 4) is 0 Å². The summed E-state index contributed by atoms with van der Waals surface area (Å²) < 4.78 is 3.94. The number of para-hydroxylation sites is 2. The van der Waals surface area contributed by atoms with Crippen LogP contribution in [0.4, 0.5) is 0 Å². The molecule has 4 N–H and O–H groups in total. The highest BCUT2D eigenvalue weighted by molar-refractivity contribution is 6.30. The number of aryl methyl sites for hydroxylation is 1. The Labute approximate surface area is 366 Å². The first-order valence-electron chi connectivity index (χ1n) is 21.0. The Morgan fingerprint density at radius 1 is 0.710 bits per heavy atom. The fourth-order valence-electron chi connectivity index (χ4n) is 7.67. The number of carbonyl (C=O) groups is 4. The Balaban J connectivity index is 0.000000203. The first kappa shape index (κ1) is 44.8. The minimum Gasteiger partial charge on any atom is -0.481 e. The van der Waals surface area contributed by atoms with Gasteiger partial charge in [0.1, 0.15) is 11.4 Å². The normalized spacial score (nSPS) is 14.5. The van der Waals surface area contributed by atoms with Crippen molar-refractivity contribution in [3.63, 3.8) is 0 Å². The van der Waals surface area contributed by atoms with E-state index < -0.39 is 11.9 Å². The smallest absolute Gasteiger partial charge is 0.335 e. The number of nitrogens with zero attached hydrogens (tertiary/aromatic N) is 3. The van der Waals surface area contributed by atoms with E-state index in [0.29, 0.717) is 61.3 Å². The molecule has 0 aliphatic heterocycles. The number of pyridine rings is 1. The zero-order valence-electron chi connectivity index (χ0n) is 35.2. The predicted molar refractivity (Wildman–Crippen MR) is 244 cm³/mol. The second-order valence-corrected chi connectivity index (χ2v) is 15.7. The summed E-state index contributed by atoms with van der Waals surface area (Å²) in [5, 5.41) is 26.9. The molecule has 0 atom stereocenters. The summed E-state index contributed by atoms with van der Waals surface area (Å²) in [4.78, 5) is 52.7. The number of rotatable bonds is 12. The van der Waals surface area contributed by atoms with Crippen LogP contribution in [0.1, 0.15) is 93.2 Å². The molecule has 0 spiro atoms. The summed E-state index contributed by atoms with van der Waals surface area (Å²) >= 11 is 5.92. The molecule has 320 valence electrons. The van der Waals surface area contributed by atoms with E-state index in [4.69, 9.17) is 21.7 Å². The zero-order valence-corrected chi connectivity index (χ0v) is 35.9. The highest BCUT2D eigenvalue weighted by Crippen LogP contribution is 2.29. The van der Waals surface area contributed by atoms with Gasteiger partial charge in [-0.2, -0.15) is 0 Å². The van der Waals surface area contributed by atoms with Crippen LogP contribution in [0.25, 0.3) is 21.8 Å². The molecule has 62 heavy (non-hydrogen) atoms. The van der Waals surface area contributed by atoms with Crippen molar-refractivity contribution in [1.82, 2.24) is 24.8 Å². The second-order valence-electron chi connectivity index (χ2n) is 15.3. The summed E-state index contributed by atoms with van der Waals surface area (Å²) in [6, 6.07) is 37.9. The van der Waals surface area contributed by atoms with E-state index in [1.807, 2.05) is 127 Å². The van der Waals surface area contributed by atoms with Crippen molar-refractivity contribution in [3.05, 3.63) is 172 Å². The third-order valence-corrected chi connectivity index (χ3v) is 11.2. The lowest BCUT2D eigenvalue weighted by Crippen LogP contribution is -2.33. The van der Waals surface area contributed by atoms with Crippen molar-refractivity contribution in [2.45, 2.75) is 66.1 Å². The van der Waals surface area contributed by atoms with E-state index >= 15 is 0 Å². The summed E-state index contributed by atoms with van der Waals surface area (Å²) in [6.45, 7) is 7.91. The number of aliphatic carboxylic acids is 1. The van der Waals surface area contributed by atoms with E-state index in [1.54, 1.807) is 12.1 Å². The van der Waals surface area contributed by atoms with Gasteiger partial charge in [-0.3, -0.25) is 19.4 Å². The molecule has 3 aromatic heterocycles. The van der Waals surface area contributed by atoms with Gasteiger partial charge in [-0.1, -0.05) is 92.2 Å². The van der Waals surface area contributed by atoms with Crippen LogP contribution in [0.5, 0.6) is 0 Å². The van der Waals surface area contributed by atoms with Crippen LogP contribution in [-0.2, 0) is 24.4 Å². The molecule has 0 bridgehead atoms. The molecule has 0 unspecified atom stereocenters. The van der Waals surface area contributed by atoms with Crippen LogP contribution in [0, 0.1) is 18.8 Å². The Hall–Kier alpha value is -6.72. The van der Waals surface area contributed by atoms with Crippen LogP contribution in [0.15, 0.2) is 128 Å². The van der Waals surface area contributed by atoms with Crippen molar-refractivity contribution in [2.75, 3.05) is 6.54 Å². The lowest BCUT2D eigenvalue weighted by Gasteiger charge is -2.26. The third kappa shape index (κ3) is 11.6. The number of carboxylic acids is 2. The van der Waals surface area contributed by atoms with Gasteiger partial charge in [0.2, 0.25) is 0 Å². The van der Waals surface area contributed by atoms with Crippen molar-refractivity contribution < 1.29 is 29.4 Å². The van der Waals surface area contributed by atoms with Crippen molar-refractivity contribution >= 4 is 57.2 Å². The first-order chi connectivity index (χ1) is 30.0. The van der Waals surface area contributed by atoms with E-state index in [9.17, 15) is 24.3 Å². The highest BCUT2D eigenvalue weighted by atomic mass is 35.5. The number of hydrogen-bond acceptors (Lipinski definition) is 5. The fraction of sp³-hybridized carbons (Fsp3) is 0.260. The topological polar surface area (TPSA) is 156 Å². The fourth-order valence-corrected chi connectivity index (χ4v) is 7.80. The van der Waals surface area contributed by atoms with Crippen LogP contribution in [0.3, 0.4) is 0 Å². The minimum atomic E-state index is -0.971. The molecule has 12 heteroatoms. The Kier molecular flexibility index (Phi) is 15.3. The number of carboxylic acid groups (broad SMARTS) is 2. The minimum absolute atomic E-state index is 0.104. The van der Waals surface area contributed by atoms with E-state index in [-0.39, 0.29) is 23.3 Å². The monoisotopic (exact) mass is 853 g/mol. The molecule has 8 rings (SSSR count). The van der Waals surface area contributed by atoms with Gasteiger partial charge in [0.05, 0.1) is 29.2 Å². The molecule has 3 heterocycles. The molecule has 7 aromatic rings. The number of aromatic nitrogens is 3. The lowest BCUT2D eigenvalue weighted by atomic mass is 9.82. The Morgan fingerprint density at radius 3 is 2.05 bits per heavy atom. The van der Waals surface area contributed by atoms with Gasteiger partial charge in [0, 0.05) is 47.1 Å². The van der Waals surface area contributed by atoms with E-state index in [1.165, 1.54) is 12.1 Å². The number of benzene rings is 4. The molecule has 11 nitrogen and oxygen atoms in total. The van der Waals surface area contributed by atoms with Crippen molar-refractivity contribution in [2.24, 2.45) is 11.8 Å². The molecule has 2 amide bonds. The van der Waals surface area contributed by atoms with Crippen LogP contribution in [-0.4, -0.2) is 54.6 Å². The van der Waals surface area contributed by atoms with Crippen LogP contribution < -0.4 is 10.6 Å². The number of aromatic carboxylic acids is 1. The lowest BCUT2D eigenvalue weighted by molar-refractivity contribution is -0.143. The van der Waals surface area contributed by atoms with Gasteiger partial charge in [0.25, 0.3) is 11.8 Å². The number of hydrogen-bond donors (Lipinski definition) is 4. The van der Waals surface area contributed by atoms with Gasteiger partial charge in [0.15, 0.2) is 0 Å². The number of halogens is 1. The maximum atomic E-state index is 13.2. The summed E-state index contributed by atoms with van der Waals surface area (Å²) in [6.07, 6.45) is 4.97. The van der Waals surface area contributed by atoms with Gasteiger partial charge in [-0.15, -0.1) is 0 Å². The van der Waals surface area contributed by atoms with Crippen molar-refractivity contribution in [1.29, 1.82) is 0 Å². The molecular weight excluding hydrogens is 802 g/mol. The molecule has 0 saturated heterocycles. The number of carbonyl (C=O) groups excluding carboxylic acids is 2. The molecule has 0 radical (unpaired) electrons. The predicted octanol–water partition coefficient (Wildman–Crippen LogP) is 10.0. The maximum absolute atomic E-state index is 13.2. The summed E-state index contributed by atoms with van der Waals surface area (Å²) in [7, 11) is 0. The standard InChI is InChI=1S/C27H27N3O3.C21H19ClN2O3.C2H6/c31-26(28-16-18-9-11-20(12-10-18)27(32)33)25-15-21-6-2-4-8-24(21)30(25)17-22-14-13-19-5-1-3-7-23(19)29-22;1-14-10-19(24(12-14)13-16-4-8-18(22)9-5-16)20(25)23-11-15-2-6-17(7-3-15)21(26)27;1-2/h1-8,13-15,18,20H,9-12,16-17H2,(H,28,31)(H,32,33);2-10,12H,11,13H2,1H3,(H,23,25)(H,26,27);1-2H3. The molecular formula is C50H52ClN5O6. The summed E-state index contributed by atoms with van der Waals surface area (Å²) in [5.74, 6) is -1.88. The quantitative estimate of drug-likeness (QED) is 0.0954. The number of amides is 2. The third-order valence-electron chi connectivity index (χ3n) is 11.0. The highest BCUT2D eigenvalue weighted by Gasteiger charge is 2.26. The van der Waals surface area contributed by atoms with Crippen LogP contribution in [0.2, 0.25) is 5.02 Å². The second kappa shape index (κ2) is 21.2. The first-order valence-corrected chi connectivity index (χ1v) is 21.3. The van der Waals surface area contributed by atoms with Gasteiger partial charge >= 0.3 is 11.9 Å². The Morgan fingerprint density at radius 2 is 1.35 bits per heavy atom. The Bertz CT molecular complexity index is 2640. The van der Waals surface area contributed by atoms with Gasteiger partial charge < -0.3 is 30.0 Å². The molecule has 1 aliphatic carbocycles. The molecule has 1 aliphatic rings. The maximum Gasteiger partial charge on any atom is 0.335 e. The average Bonchev–Trinajstić information content (AvgIpc) is 3.85. The van der Waals surface area contributed by atoms with E-state index in [0.717, 1.165) is 57.0 Å². The average molecular weight is 854 g/mol. The van der Waals surface area contributed by atoms with E-state index in [2.05, 4.69) is 16.7 Å². The molecule has 1 saturated carbocycles. The largest absolute Gasteiger partial charge is 0.481 e. The molecule has 1 fully saturated rings. The zero-order chi connectivity index (χ0) is 44.2. The van der Waals surface area contributed by atoms with Crippen LogP contribution >= 0.6 is 11.6 Å². The number of nitrogens with one attached hydrogen (secondary N) is 2. The van der Waals surface area contributed by atoms with Gasteiger partial charge in [-0.05, 0) is 110 Å². The SMILES string of the molecule is CC.Cc1cc(C(=O)NCc2ccc(C(=O)O)cc2)n(Cc2ccc(Cl)cc2)c1.O=C(NCC1CCC(C(=O)O)CC1)c1cc2ccccc2n1Cc1ccc2ccccc2n1. The van der Waals surface area contributed by atoms with Gasteiger partial charge in [-0.25, -0.2) is 4.79 Å². The molecule has 4 aromatic carbocycles. The summed E-state index contributed by atoms with van der Waals surface area (Å²) in [5.41, 5.74) is 7.13.